The predicted octanol–water partition coefficient (Wildman–Crippen LogP) is 3.30. The summed E-state index contributed by atoms with van der Waals surface area (Å²) in [5, 5.41) is 2.86. The van der Waals surface area contributed by atoms with Crippen LogP contribution in [0.1, 0.15) is 41.7 Å². The number of carbonyl (C=O) groups is 1. The number of carbonyl (C=O) groups excluding carboxylic acids is 1. The lowest BCUT2D eigenvalue weighted by atomic mass is 10.1. The zero-order valence-electron chi connectivity index (χ0n) is 13.5. The molecule has 0 aromatic heterocycles. The van der Waals surface area contributed by atoms with Crippen molar-refractivity contribution in [1.82, 2.24) is 5.32 Å². The number of amides is 1. The standard InChI is InChI=1S/C19H24N2O2/c1-2-3-13-23-17-11-9-16(10-12-17)19(22)21-14-18(20)15-7-5-4-6-8-15/h4-12,18H,2-3,13-14,20H2,1H3,(H,21,22). The van der Waals surface area contributed by atoms with Gasteiger partial charge in [-0.1, -0.05) is 43.7 Å². The minimum absolute atomic E-state index is 0.128. The molecule has 0 aliphatic rings. The normalized spacial score (nSPS) is 11.7. The number of nitrogens with one attached hydrogen (secondary N) is 1. The van der Waals surface area contributed by atoms with Crippen molar-refractivity contribution >= 4 is 5.91 Å². The second-order valence-electron chi connectivity index (χ2n) is 5.45. The quantitative estimate of drug-likeness (QED) is 0.735. The van der Waals surface area contributed by atoms with E-state index in [0.29, 0.717) is 18.7 Å². The molecular weight excluding hydrogens is 288 g/mol. The lowest BCUT2D eigenvalue weighted by Gasteiger charge is -2.13. The molecule has 2 aromatic rings. The third kappa shape index (κ3) is 5.42. The molecule has 23 heavy (non-hydrogen) atoms. The molecule has 1 unspecified atom stereocenters. The van der Waals surface area contributed by atoms with Gasteiger partial charge >= 0.3 is 0 Å². The molecule has 3 N–H and O–H groups in total. The highest BCUT2D eigenvalue weighted by Crippen LogP contribution is 2.13. The van der Waals surface area contributed by atoms with Crippen LogP contribution in [0.4, 0.5) is 0 Å². The third-order valence-electron chi connectivity index (χ3n) is 3.59. The van der Waals surface area contributed by atoms with E-state index >= 15 is 0 Å². The van der Waals surface area contributed by atoms with Gasteiger partial charge in [0.15, 0.2) is 0 Å². The fourth-order valence-electron chi connectivity index (χ4n) is 2.16. The number of rotatable bonds is 8. The lowest BCUT2D eigenvalue weighted by Crippen LogP contribution is -2.31. The van der Waals surface area contributed by atoms with Crippen LogP contribution in [0.25, 0.3) is 0 Å². The predicted molar refractivity (Wildman–Crippen MR) is 92.5 cm³/mol. The van der Waals surface area contributed by atoms with Gasteiger partial charge in [-0.05, 0) is 36.2 Å². The molecule has 0 saturated heterocycles. The summed E-state index contributed by atoms with van der Waals surface area (Å²) in [4.78, 5) is 12.1. The fourth-order valence-corrected chi connectivity index (χ4v) is 2.16. The minimum atomic E-state index is -0.211. The van der Waals surface area contributed by atoms with Gasteiger partial charge in [0, 0.05) is 18.2 Å². The highest BCUT2D eigenvalue weighted by molar-refractivity contribution is 5.94. The van der Waals surface area contributed by atoms with Gasteiger partial charge in [0.1, 0.15) is 5.75 Å². The van der Waals surface area contributed by atoms with Crippen molar-refractivity contribution in [3.05, 3.63) is 65.7 Å². The first-order valence-corrected chi connectivity index (χ1v) is 8.02. The number of hydrogen-bond acceptors (Lipinski definition) is 3. The van der Waals surface area contributed by atoms with Gasteiger partial charge in [0.2, 0.25) is 0 Å². The Hall–Kier alpha value is -2.33. The zero-order valence-corrected chi connectivity index (χ0v) is 13.5. The van der Waals surface area contributed by atoms with Crippen LogP contribution in [0, 0.1) is 0 Å². The van der Waals surface area contributed by atoms with E-state index in [-0.39, 0.29) is 11.9 Å². The lowest BCUT2D eigenvalue weighted by molar-refractivity contribution is 0.0951. The maximum absolute atomic E-state index is 12.1. The fraction of sp³-hybridized carbons (Fsp3) is 0.316. The van der Waals surface area contributed by atoms with Gasteiger partial charge in [0.25, 0.3) is 5.91 Å². The van der Waals surface area contributed by atoms with Crippen LogP contribution in [-0.2, 0) is 0 Å². The second kappa shape index (κ2) is 8.96. The minimum Gasteiger partial charge on any atom is -0.494 e. The summed E-state index contributed by atoms with van der Waals surface area (Å²) in [5.74, 6) is 0.660. The van der Waals surface area contributed by atoms with Crippen molar-refractivity contribution in [2.75, 3.05) is 13.2 Å². The van der Waals surface area contributed by atoms with Crippen LogP contribution in [0.15, 0.2) is 54.6 Å². The third-order valence-corrected chi connectivity index (χ3v) is 3.59. The Kier molecular flexibility index (Phi) is 6.63. The average Bonchev–Trinajstić information content (AvgIpc) is 2.61. The van der Waals surface area contributed by atoms with Crippen LogP contribution < -0.4 is 15.8 Å². The molecule has 0 heterocycles. The molecular formula is C19H24N2O2. The maximum Gasteiger partial charge on any atom is 0.251 e. The first kappa shape index (κ1) is 17.0. The van der Waals surface area contributed by atoms with Crippen LogP contribution in [-0.4, -0.2) is 19.1 Å². The Labute approximate surface area is 137 Å². The van der Waals surface area contributed by atoms with Gasteiger partial charge in [-0.25, -0.2) is 0 Å². The summed E-state index contributed by atoms with van der Waals surface area (Å²) in [6.45, 7) is 3.22. The van der Waals surface area contributed by atoms with E-state index in [2.05, 4.69) is 12.2 Å². The number of ether oxygens (including phenoxy) is 1. The van der Waals surface area contributed by atoms with Gasteiger partial charge in [-0.2, -0.15) is 0 Å². The van der Waals surface area contributed by atoms with Crippen LogP contribution >= 0.6 is 0 Å². The van der Waals surface area contributed by atoms with E-state index in [1.807, 2.05) is 42.5 Å². The molecule has 4 nitrogen and oxygen atoms in total. The van der Waals surface area contributed by atoms with E-state index in [4.69, 9.17) is 10.5 Å². The first-order chi connectivity index (χ1) is 11.2. The number of unbranched alkanes of at least 4 members (excludes halogenated alkanes) is 1. The van der Waals surface area contributed by atoms with Crippen molar-refractivity contribution in [1.29, 1.82) is 0 Å². The summed E-state index contributed by atoms with van der Waals surface area (Å²) < 4.78 is 5.59. The van der Waals surface area contributed by atoms with E-state index in [1.165, 1.54) is 0 Å². The number of hydrogen-bond donors (Lipinski definition) is 2. The van der Waals surface area contributed by atoms with Crippen molar-refractivity contribution in [3.8, 4) is 5.75 Å². The van der Waals surface area contributed by atoms with Crippen molar-refractivity contribution in [3.63, 3.8) is 0 Å². The van der Waals surface area contributed by atoms with Crippen molar-refractivity contribution < 1.29 is 9.53 Å². The van der Waals surface area contributed by atoms with Gasteiger partial charge in [0.05, 0.1) is 6.61 Å². The highest BCUT2D eigenvalue weighted by atomic mass is 16.5. The second-order valence-corrected chi connectivity index (χ2v) is 5.45. The smallest absolute Gasteiger partial charge is 0.251 e. The van der Waals surface area contributed by atoms with Crippen LogP contribution in [0.5, 0.6) is 5.75 Å². The van der Waals surface area contributed by atoms with E-state index in [9.17, 15) is 4.79 Å². The molecule has 1 amide bonds. The van der Waals surface area contributed by atoms with E-state index in [1.54, 1.807) is 12.1 Å². The molecule has 0 fully saturated rings. The molecule has 4 heteroatoms. The van der Waals surface area contributed by atoms with Crippen LogP contribution in [0.3, 0.4) is 0 Å². The molecule has 0 aliphatic heterocycles. The topological polar surface area (TPSA) is 64.3 Å². The molecule has 0 bridgehead atoms. The van der Waals surface area contributed by atoms with E-state index in [0.717, 1.165) is 24.2 Å². The molecule has 0 spiro atoms. The van der Waals surface area contributed by atoms with Crippen LogP contribution in [0.2, 0.25) is 0 Å². The number of benzene rings is 2. The summed E-state index contributed by atoms with van der Waals surface area (Å²) in [5.41, 5.74) is 7.69. The Morgan fingerprint density at radius 1 is 1.13 bits per heavy atom. The van der Waals surface area contributed by atoms with Crippen molar-refractivity contribution in [2.24, 2.45) is 5.73 Å². The summed E-state index contributed by atoms with van der Waals surface area (Å²) in [7, 11) is 0. The Balaban J connectivity index is 1.83. The van der Waals surface area contributed by atoms with Gasteiger partial charge < -0.3 is 15.8 Å². The Morgan fingerprint density at radius 3 is 2.48 bits per heavy atom. The zero-order chi connectivity index (χ0) is 16.5. The maximum atomic E-state index is 12.1. The monoisotopic (exact) mass is 312 g/mol. The molecule has 2 aromatic carbocycles. The highest BCUT2D eigenvalue weighted by Gasteiger charge is 2.09. The molecule has 0 saturated carbocycles. The summed E-state index contributed by atoms with van der Waals surface area (Å²) in [6.07, 6.45) is 2.13. The van der Waals surface area contributed by atoms with Crippen molar-refractivity contribution in [2.45, 2.75) is 25.8 Å². The Morgan fingerprint density at radius 2 is 1.83 bits per heavy atom. The average molecular weight is 312 g/mol. The largest absolute Gasteiger partial charge is 0.494 e. The summed E-state index contributed by atoms with van der Waals surface area (Å²) >= 11 is 0. The number of nitrogens with two attached hydrogens (primary N) is 1. The van der Waals surface area contributed by atoms with Gasteiger partial charge in [-0.3, -0.25) is 4.79 Å². The first-order valence-electron chi connectivity index (χ1n) is 8.02. The molecule has 1 atom stereocenters. The van der Waals surface area contributed by atoms with E-state index < -0.39 is 0 Å². The molecule has 0 radical (unpaired) electrons. The Bertz CT molecular complexity index is 597. The van der Waals surface area contributed by atoms with Gasteiger partial charge in [-0.15, -0.1) is 0 Å². The molecule has 0 aliphatic carbocycles. The summed E-state index contributed by atoms with van der Waals surface area (Å²) in [6, 6.07) is 16.7. The molecule has 2 rings (SSSR count). The SMILES string of the molecule is CCCCOc1ccc(C(=O)NCC(N)c2ccccc2)cc1. The molecule has 122 valence electrons.